The lowest BCUT2D eigenvalue weighted by Crippen LogP contribution is -2.14. The van der Waals surface area contributed by atoms with Crippen LogP contribution >= 0.6 is 0 Å². The summed E-state index contributed by atoms with van der Waals surface area (Å²) in [4.78, 5) is 34.0. The predicted octanol–water partition coefficient (Wildman–Crippen LogP) is 3.88. The molecule has 0 aromatic heterocycles. The molecule has 0 spiro atoms. The number of rotatable bonds is 9. The average Bonchev–Trinajstić information content (AvgIpc) is 2.87. The van der Waals surface area contributed by atoms with E-state index in [4.69, 9.17) is 8.92 Å². The summed E-state index contributed by atoms with van der Waals surface area (Å²) in [6, 6.07) is 16.3. The molecule has 3 aromatic rings. The molecule has 2 N–H and O–H groups in total. The van der Waals surface area contributed by atoms with Crippen LogP contribution in [0.2, 0.25) is 0 Å². The van der Waals surface area contributed by atoms with Crippen molar-refractivity contribution in [2.24, 2.45) is 0 Å². The van der Waals surface area contributed by atoms with Crippen molar-refractivity contribution in [2.45, 2.75) is 11.8 Å². The lowest BCUT2D eigenvalue weighted by molar-refractivity contribution is -0.384. The second-order valence-corrected chi connectivity index (χ2v) is 9.12. The van der Waals surface area contributed by atoms with Crippen molar-refractivity contribution < 1.29 is 31.9 Å². The molecule has 0 aliphatic carbocycles. The molecule has 38 heavy (non-hydrogen) atoms. The number of non-ortho nitro benzene ring substituents is 1. The lowest BCUT2D eigenvalue weighted by Gasteiger charge is -2.10. The highest BCUT2D eigenvalue weighted by atomic mass is 32.2. The van der Waals surface area contributed by atoms with Gasteiger partial charge in [0.25, 0.3) is 11.6 Å². The summed E-state index contributed by atoms with van der Waals surface area (Å²) < 4.78 is 35.3. The summed E-state index contributed by atoms with van der Waals surface area (Å²) >= 11 is 0. The van der Waals surface area contributed by atoms with E-state index in [0.29, 0.717) is 11.3 Å². The minimum atomic E-state index is -4.17. The van der Waals surface area contributed by atoms with E-state index in [1.165, 1.54) is 80.8 Å². The Hall–Kier alpha value is -5.22. The number of ether oxygens (including phenoxy) is 1. The second kappa shape index (κ2) is 11.7. The van der Waals surface area contributed by atoms with E-state index in [-0.39, 0.29) is 39.2 Å². The molecule has 0 saturated carbocycles. The zero-order valence-electron chi connectivity index (χ0n) is 20.0. The maximum Gasteiger partial charge on any atom is 0.339 e. The van der Waals surface area contributed by atoms with Crippen molar-refractivity contribution in [3.63, 3.8) is 0 Å². The fourth-order valence-electron chi connectivity index (χ4n) is 3.11. The monoisotopic (exact) mass is 536 g/mol. The number of benzene rings is 3. The molecule has 0 fully saturated rings. The fraction of sp³-hybridized carbons (Fsp3) is 0.0800. The average molecular weight is 537 g/mol. The van der Waals surface area contributed by atoms with Crippen LogP contribution in [0.25, 0.3) is 6.08 Å². The molecule has 0 radical (unpaired) electrons. The number of carbonyl (C=O) groups is 2. The number of nitriles is 1. The van der Waals surface area contributed by atoms with Crippen molar-refractivity contribution >= 4 is 45.1 Å². The Balaban J connectivity index is 1.75. The third kappa shape index (κ3) is 6.93. The molecule has 2 amide bonds. The van der Waals surface area contributed by atoms with E-state index in [1.54, 1.807) is 6.07 Å². The molecule has 13 heteroatoms. The zero-order valence-corrected chi connectivity index (χ0v) is 20.8. The molecule has 0 unspecified atom stereocenters. The van der Waals surface area contributed by atoms with E-state index < -0.39 is 20.9 Å². The normalized spacial score (nSPS) is 11.1. The van der Waals surface area contributed by atoms with Gasteiger partial charge in [-0.2, -0.15) is 13.7 Å². The number of nitro benzene ring substituents is 1. The SMILES string of the molecule is COc1ccc([N+](=O)[O-])cc1NC(=O)/C(C#N)=C/c1ccc(OS(=O)(=O)c2ccc(NC(C)=O)cc2)cc1. The van der Waals surface area contributed by atoms with Gasteiger partial charge in [0, 0.05) is 24.7 Å². The Labute approximate surface area is 217 Å². The quantitative estimate of drug-likeness (QED) is 0.135. The van der Waals surface area contributed by atoms with Crippen LogP contribution in [0.5, 0.6) is 11.5 Å². The molecule has 3 aromatic carbocycles. The van der Waals surface area contributed by atoms with Crippen LogP contribution in [0.15, 0.2) is 77.2 Å². The Morgan fingerprint density at radius 3 is 2.24 bits per heavy atom. The lowest BCUT2D eigenvalue weighted by atomic mass is 10.1. The number of carbonyl (C=O) groups excluding carboxylic acids is 2. The summed E-state index contributed by atoms with van der Waals surface area (Å²) in [6.45, 7) is 1.33. The van der Waals surface area contributed by atoms with Crippen LogP contribution in [-0.2, 0) is 19.7 Å². The van der Waals surface area contributed by atoms with E-state index in [9.17, 15) is 33.4 Å². The maximum absolute atomic E-state index is 12.6. The van der Waals surface area contributed by atoms with Gasteiger partial charge < -0.3 is 19.6 Å². The molecule has 0 atom stereocenters. The van der Waals surface area contributed by atoms with Crippen LogP contribution in [0.4, 0.5) is 17.1 Å². The Morgan fingerprint density at radius 2 is 1.68 bits per heavy atom. The summed E-state index contributed by atoms with van der Waals surface area (Å²) in [5.41, 5.74) is 0.213. The summed E-state index contributed by atoms with van der Waals surface area (Å²) in [5, 5.41) is 25.4. The third-order valence-corrected chi connectivity index (χ3v) is 6.13. The van der Waals surface area contributed by atoms with Gasteiger partial charge in [-0.05, 0) is 54.1 Å². The van der Waals surface area contributed by atoms with Crippen LogP contribution in [-0.4, -0.2) is 32.3 Å². The first-order valence-electron chi connectivity index (χ1n) is 10.7. The topological polar surface area (TPSA) is 178 Å². The Morgan fingerprint density at radius 1 is 1.03 bits per heavy atom. The largest absolute Gasteiger partial charge is 0.495 e. The molecule has 194 valence electrons. The maximum atomic E-state index is 12.6. The fourth-order valence-corrected chi connectivity index (χ4v) is 4.04. The molecule has 0 heterocycles. The standard InChI is InChI=1S/C25H20N4O8S/c1-16(30)27-19-5-10-22(11-6-19)38(34,35)37-21-8-3-17(4-9-21)13-18(15-26)25(31)28-23-14-20(29(32)33)7-12-24(23)36-2/h3-14H,1-2H3,(H,27,30)(H,28,31)/b18-13+. The molecule has 12 nitrogen and oxygen atoms in total. The molecule has 0 saturated heterocycles. The highest BCUT2D eigenvalue weighted by Gasteiger charge is 2.18. The Kier molecular flexibility index (Phi) is 8.41. The summed E-state index contributed by atoms with van der Waals surface area (Å²) in [5.74, 6) is -0.991. The number of nitrogens with zero attached hydrogens (tertiary/aromatic N) is 2. The highest BCUT2D eigenvalue weighted by Crippen LogP contribution is 2.29. The van der Waals surface area contributed by atoms with Crippen molar-refractivity contribution in [1.29, 1.82) is 5.26 Å². The Bertz CT molecular complexity index is 1560. The number of hydrogen-bond donors (Lipinski definition) is 2. The van der Waals surface area contributed by atoms with Crippen LogP contribution in [0, 0.1) is 21.4 Å². The molecular formula is C25H20N4O8S. The second-order valence-electron chi connectivity index (χ2n) is 7.58. The first-order chi connectivity index (χ1) is 18.0. The van der Waals surface area contributed by atoms with E-state index in [1.807, 2.05) is 0 Å². The number of amides is 2. The smallest absolute Gasteiger partial charge is 0.339 e. The third-order valence-electron chi connectivity index (χ3n) is 4.87. The van der Waals surface area contributed by atoms with Crippen molar-refractivity contribution in [3.8, 4) is 17.6 Å². The first kappa shape index (κ1) is 27.4. The number of anilines is 2. The number of methoxy groups -OCH3 is 1. The van der Waals surface area contributed by atoms with E-state index in [2.05, 4.69) is 10.6 Å². The first-order valence-corrected chi connectivity index (χ1v) is 12.1. The zero-order chi connectivity index (χ0) is 27.9. The van der Waals surface area contributed by atoms with Gasteiger partial charge in [0.05, 0.1) is 17.7 Å². The van der Waals surface area contributed by atoms with Crippen molar-refractivity contribution in [3.05, 3.63) is 88.0 Å². The van der Waals surface area contributed by atoms with Crippen LogP contribution in [0.3, 0.4) is 0 Å². The highest BCUT2D eigenvalue weighted by molar-refractivity contribution is 7.87. The van der Waals surface area contributed by atoms with Gasteiger partial charge in [-0.3, -0.25) is 19.7 Å². The molecule has 0 bridgehead atoms. The van der Waals surface area contributed by atoms with Crippen molar-refractivity contribution in [1.82, 2.24) is 0 Å². The van der Waals surface area contributed by atoms with Gasteiger partial charge in [-0.15, -0.1) is 0 Å². The summed E-state index contributed by atoms with van der Waals surface area (Å²) in [7, 11) is -2.85. The molecular weight excluding hydrogens is 516 g/mol. The van der Waals surface area contributed by atoms with Gasteiger partial charge in [0.15, 0.2) is 0 Å². The van der Waals surface area contributed by atoms with Gasteiger partial charge in [-0.25, -0.2) is 0 Å². The van der Waals surface area contributed by atoms with E-state index in [0.717, 1.165) is 6.07 Å². The van der Waals surface area contributed by atoms with Gasteiger partial charge in [0.2, 0.25) is 5.91 Å². The van der Waals surface area contributed by atoms with Crippen LogP contribution in [0.1, 0.15) is 12.5 Å². The van der Waals surface area contributed by atoms with Gasteiger partial charge in [-0.1, -0.05) is 12.1 Å². The van der Waals surface area contributed by atoms with E-state index >= 15 is 0 Å². The minimum absolute atomic E-state index is 0.00640. The predicted molar refractivity (Wildman–Crippen MR) is 137 cm³/mol. The molecule has 3 rings (SSSR count). The number of nitro groups is 1. The number of nitrogens with one attached hydrogen (secondary N) is 2. The van der Waals surface area contributed by atoms with Crippen LogP contribution < -0.4 is 19.6 Å². The minimum Gasteiger partial charge on any atom is -0.495 e. The molecule has 0 aliphatic heterocycles. The van der Waals surface area contributed by atoms with Gasteiger partial charge >= 0.3 is 10.1 Å². The van der Waals surface area contributed by atoms with Gasteiger partial charge in [0.1, 0.15) is 28.0 Å². The summed E-state index contributed by atoms with van der Waals surface area (Å²) in [6.07, 6.45) is 1.25. The molecule has 0 aliphatic rings. The number of hydrogen-bond acceptors (Lipinski definition) is 9. The van der Waals surface area contributed by atoms with Crippen molar-refractivity contribution in [2.75, 3.05) is 17.7 Å².